The van der Waals surface area contributed by atoms with Crippen molar-refractivity contribution in [3.05, 3.63) is 71.4 Å². The van der Waals surface area contributed by atoms with Crippen molar-refractivity contribution in [3.8, 4) is 22.6 Å². The first kappa shape index (κ1) is 13.5. The number of aryl methyl sites for hydroxylation is 3. The van der Waals surface area contributed by atoms with Crippen LogP contribution in [0.2, 0.25) is 0 Å². The first-order valence-electron chi connectivity index (χ1n) is 7.10. The van der Waals surface area contributed by atoms with Gasteiger partial charge in [-0.15, -0.1) is 0 Å². The van der Waals surface area contributed by atoms with E-state index in [9.17, 15) is 0 Å². The summed E-state index contributed by atoms with van der Waals surface area (Å²) in [5.41, 5.74) is 7.62. The van der Waals surface area contributed by atoms with Gasteiger partial charge in [-0.05, 0) is 62.2 Å². The zero-order valence-electron chi connectivity index (χ0n) is 12.6. The number of hydrogen-bond donors (Lipinski definition) is 0. The molecule has 0 aliphatic carbocycles. The van der Waals surface area contributed by atoms with E-state index in [2.05, 4.69) is 68.2 Å². The predicted octanol–water partition coefficient (Wildman–Crippen LogP) is 4.74. The Labute approximate surface area is 125 Å². The van der Waals surface area contributed by atoms with E-state index in [1.807, 2.05) is 12.3 Å². The van der Waals surface area contributed by atoms with E-state index in [0.29, 0.717) is 0 Å². The lowest BCUT2D eigenvalue weighted by Gasteiger charge is -2.08. The van der Waals surface area contributed by atoms with Gasteiger partial charge in [-0.3, -0.25) is 4.98 Å². The highest BCUT2D eigenvalue weighted by Crippen LogP contribution is 2.24. The highest BCUT2D eigenvalue weighted by Gasteiger charge is 2.07. The summed E-state index contributed by atoms with van der Waals surface area (Å²) in [7, 11) is 0. The van der Waals surface area contributed by atoms with Crippen LogP contribution < -0.4 is 0 Å². The van der Waals surface area contributed by atoms with Crippen LogP contribution in [0.25, 0.3) is 22.6 Å². The lowest BCUT2D eigenvalue weighted by Crippen LogP contribution is -1.93. The molecular formula is C19H18N2. The Morgan fingerprint density at radius 1 is 0.667 bits per heavy atom. The highest BCUT2D eigenvalue weighted by atomic mass is 14.8. The minimum absolute atomic E-state index is 0.924. The van der Waals surface area contributed by atoms with Crippen molar-refractivity contribution in [1.29, 1.82) is 0 Å². The van der Waals surface area contributed by atoms with Crippen LogP contribution in [0.15, 0.2) is 54.7 Å². The van der Waals surface area contributed by atoms with E-state index in [4.69, 9.17) is 4.98 Å². The molecule has 104 valence electrons. The fourth-order valence-corrected chi connectivity index (χ4v) is 2.43. The van der Waals surface area contributed by atoms with Crippen LogP contribution in [0.4, 0.5) is 0 Å². The number of aromatic nitrogens is 2. The summed E-state index contributed by atoms with van der Waals surface area (Å²) < 4.78 is 0. The van der Waals surface area contributed by atoms with Gasteiger partial charge in [0.1, 0.15) is 0 Å². The summed E-state index contributed by atoms with van der Waals surface area (Å²) in [4.78, 5) is 9.23. The first-order chi connectivity index (χ1) is 10.1. The third kappa shape index (κ3) is 3.00. The number of nitrogens with zero attached hydrogens (tertiary/aromatic N) is 2. The van der Waals surface area contributed by atoms with E-state index in [1.165, 1.54) is 16.7 Å². The Bertz CT molecular complexity index is 727. The van der Waals surface area contributed by atoms with Gasteiger partial charge in [0.05, 0.1) is 17.1 Å². The Hall–Kier alpha value is -2.48. The molecule has 3 rings (SSSR count). The lowest BCUT2D eigenvalue weighted by molar-refractivity contribution is 1.21. The van der Waals surface area contributed by atoms with Crippen LogP contribution in [0, 0.1) is 20.8 Å². The molecule has 0 spiro atoms. The lowest BCUT2D eigenvalue weighted by atomic mass is 10.1. The zero-order chi connectivity index (χ0) is 14.8. The molecule has 3 aromatic rings. The maximum absolute atomic E-state index is 4.79. The number of benzene rings is 1. The summed E-state index contributed by atoms with van der Waals surface area (Å²) in [6.07, 6.45) is 1.83. The first-order valence-corrected chi connectivity index (χ1v) is 7.10. The molecule has 0 saturated heterocycles. The maximum atomic E-state index is 4.79. The van der Waals surface area contributed by atoms with Gasteiger partial charge in [0, 0.05) is 11.8 Å². The molecule has 21 heavy (non-hydrogen) atoms. The van der Waals surface area contributed by atoms with Crippen LogP contribution in [-0.2, 0) is 0 Å². The quantitative estimate of drug-likeness (QED) is 0.674. The van der Waals surface area contributed by atoms with Gasteiger partial charge >= 0.3 is 0 Å². The molecule has 0 atom stereocenters. The zero-order valence-corrected chi connectivity index (χ0v) is 12.6. The molecule has 0 N–H and O–H groups in total. The van der Waals surface area contributed by atoms with E-state index >= 15 is 0 Å². The molecule has 1 aromatic carbocycles. The Balaban J connectivity index is 2.12. The number of pyridine rings is 2. The Morgan fingerprint density at radius 2 is 1.38 bits per heavy atom. The SMILES string of the molecule is Cc1cccc(-c2cc(C)cc(-c3cc(C)ccn3)n2)c1. The molecule has 0 amide bonds. The molecule has 2 heterocycles. The highest BCUT2D eigenvalue weighted by molar-refractivity contribution is 5.66. The van der Waals surface area contributed by atoms with Gasteiger partial charge in [0.2, 0.25) is 0 Å². The minimum atomic E-state index is 0.924. The second-order valence-electron chi connectivity index (χ2n) is 5.50. The Kier molecular flexibility index (Phi) is 3.53. The molecular weight excluding hydrogens is 256 g/mol. The topological polar surface area (TPSA) is 25.8 Å². The van der Waals surface area contributed by atoms with Gasteiger partial charge in [-0.1, -0.05) is 23.8 Å². The van der Waals surface area contributed by atoms with Gasteiger partial charge in [0.15, 0.2) is 0 Å². The molecule has 2 nitrogen and oxygen atoms in total. The van der Waals surface area contributed by atoms with Crippen LogP contribution in [0.5, 0.6) is 0 Å². The molecule has 0 aliphatic heterocycles. The molecule has 0 unspecified atom stereocenters. The fourth-order valence-electron chi connectivity index (χ4n) is 2.43. The minimum Gasteiger partial charge on any atom is -0.255 e. The van der Waals surface area contributed by atoms with Gasteiger partial charge < -0.3 is 0 Å². The van der Waals surface area contributed by atoms with Crippen molar-refractivity contribution < 1.29 is 0 Å². The van der Waals surface area contributed by atoms with E-state index in [1.54, 1.807) is 0 Å². The monoisotopic (exact) mass is 274 g/mol. The van der Waals surface area contributed by atoms with Gasteiger partial charge in [0.25, 0.3) is 0 Å². The summed E-state index contributed by atoms with van der Waals surface area (Å²) in [6, 6.07) is 16.7. The summed E-state index contributed by atoms with van der Waals surface area (Å²) in [6.45, 7) is 6.27. The number of rotatable bonds is 2. The average molecular weight is 274 g/mol. The molecule has 2 aromatic heterocycles. The van der Waals surface area contributed by atoms with Gasteiger partial charge in [-0.25, -0.2) is 4.98 Å². The normalized spacial score (nSPS) is 10.6. The second-order valence-corrected chi connectivity index (χ2v) is 5.50. The van der Waals surface area contributed by atoms with E-state index in [0.717, 1.165) is 22.6 Å². The van der Waals surface area contributed by atoms with Crippen molar-refractivity contribution in [2.75, 3.05) is 0 Å². The largest absolute Gasteiger partial charge is 0.255 e. The Morgan fingerprint density at radius 3 is 2.14 bits per heavy atom. The van der Waals surface area contributed by atoms with Crippen molar-refractivity contribution in [2.24, 2.45) is 0 Å². The third-order valence-corrected chi connectivity index (χ3v) is 3.46. The van der Waals surface area contributed by atoms with E-state index < -0.39 is 0 Å². The predicted molar refractivity (Wildman–Crippen MR) is 87.1 cm³/mol. The van der Waals surface area contributed by atoms with Crippen molar-refractivity contribution in [2.45, 2.75) is 20.8 Å². The van der Waals surface area contributed by atoms with Crippen molar-refractivity contribution in [3.63, 3.8) is 0 Å². The molecule has 0 bridgehead atoms. The smallest absolute Gasteiger partial charge is 0.0896 e. The average Bonchev–Trinajstić information content (AvgIpc) is 2.46. The van der Waals surface area contributed by atoms with Crippen LogP contribution in [-0.4, -0.2) is 9.97 Å². The van der Waals surface area contributed by atoms with Crippen LogP contribution >= 0.6 is 0 Å². The van der Waals surface area contributed by atoms with Gasteiger partial charge in [-0.2, -0.15) is 0 Å². The molecule has 0 aliphatic rings. The third-order valence-electron chi connectivity index (χ3n) is 3.46. The molecule has 0 radical (unpaired) electrons. The van der Waals surface area contributed by atoms with Crippen molar-refractivity contribution >= 4 is 0 Å². The standard InChI is InChI=1S/C19H18N2/c1-13-5-4-6-16(9-13)17-11-15(3)12-19(21-17)18-10-14(2)7-8-20-18/h4-12H,1-3H3. The summed E-state index contributed by atoms with van der Waals surface area (Å²) in [5, 5.41) is 0. The van der Waals surface area contributed by atoms with Crippen molar-refractivity contribution in [1.82, 2.24) is 9.97 Å². The molecule has 2 heteroatoms. The van der Waals surface area contributed by atoms with E-state index in [-0.39, 0.29) is 0 Å². The molecule has 0 saturated carbocycles. The van der Waals surface area contributed by atoms with Crippen LogP contribution in [0.3, 0.4) is 0 Å². The fraction of sp³-hybridized carbons (Fsp3) is 0.158. The maximum Gasteiger partial charge on any atom is 0.0896 e. The summed E-state index contributed by atoms with van der Waals surface area (Å²) >= 11 is 0. The summed E-state index contributed by atoms with van der Waals surface area (Å²) in [5.74, 6) is 0. The van der Waals surface area contributed by atoms with Crippen LogP contribution in [0.1, 0.15) is 16.7 Å². The number of hydrogen-bond acceptors (Lipinski definition) is 2. The molecule has 0 fully saturated rings. The second kappa shape index (κ2) is 5.49.